The Kier molecular flexibility index (Phi) is 13.2. The molecule has 0 spiro atoms. The zero-order valence-electron chi connectivity index (χ0n) is 26.7. The highest BCUT2D eigenvalue weighted by Gasteiger charge is 2.29. The normalized spacial score (nSPS) is 19.5. The minimum Gasteiger partial charge on any atom is -0.447 e. The van der Waals surface area contributed by atoms with Gasteiger partial charge in [-0.25, -0.2) is 9.78 Å². The molecule has 1 fully saturated rings. The summed E-state index contributed by atoms with van der Waals surface area (Å²) < 4.78 is 7.28. The Balaban J connectivity index is 0.000000254. The van der Waals surface area contributed by atoms with E-state index in [4.69, 9.17) is 16.3 Å². The molecular weight excluding hydrogens is 544 g/mol. The summed E-state index contributed by atoms with van der Waals surface area (Å²) in [6, 6.07) is 6.58. The van der Waals surface area contributed by atoms with E-state index in [-0.39, 0.29) is 12.2 Å². The van der Waals surface area contributed by atoms with Gasteiger partial charge in [0.1, 0.15) is 0 Å². The molecule has 1 amide bonds. The lowest BCUT2D eigenvalue weighted by Gasteiger charge is -2.30. The first kappa shape index (κ1) is 33.5. The number of ether oxygens (including phenoxy) is 1. The van der Waals surface area contributed by atoms with Crippen molar-refractivity contribution >= 4 is 23.8 Å². The van der Waals surface area contributed by atoms with E-state index >= 15 is 0 Å². The molecule has 2 aromatic rings. The molecular formula is C35H51ClN4O2. The lowest BCUT2D eigenvalue weighted by Crippen LogP contribution is -2.39. The SMILES string of the molecule is CC1CCN(C(=O)OC(C)C)CC1.CCC.Cc1cn(CCCC2=Cc3cc(Cl)ccc3C(C)C3NC=CC=C23)cn1. The van der Waals surface area contributed by atoms with Crippen molar-refractivity contribution in [1.29, 1.82) is 0 Å². The fourth-order valence-electron chi connectivity index (χ4n) is 5.49. The van der Waals surface area contributed by atoms with Crippen molar-refractivity contribution in [1.82, 2.24) is 19.8 Å². The van der Waals surface area contributed by atoms with Crippen LogP contribution in [0.1, 0.15) is 96.4 Å². The Hall–Kier alpha value is -2.99. The monoisotopic (exact) mass is 594 g/mol. The van der Waals surface area contributed by atoms with Gasteiger partial charge in [-0.1, -0.05) is 63.9 Å². The first-order valence-corrected chi connectivity index (χ1v) is 16.1. The van der Waals surface area contributed by atoms with Crippen LogP contribution in [0.25, 0.3) is 6.08 Å². The Morgan fingerprint density at radius 1 is 1.19 bits per heavy atom. The predicted molar refractivity (Wildman–Crippen MR) is 176 cm³/mol. The van der Waals surface area contributed by atoms with Gasteiger partial charge in [-0.3, -0.25) is 0 Å². The second kappa shape index (κ2) is 16.6. The number of dihydropyridines is 1. The van der Waals surface area contributed by atoms with Gasteiger partial charge >= 0.3 is 6.09 Å². The van der Waals surface area contributed by atoms with Crippen LogP contribution in [0.15, 0.2) is 60.2 Å². The molecule has 0 saturated carbocycles. The molecule has 0 radical (unpaired) electrons. The summed E-state index contributed by atoms with van der Waals surface area (Å²) >= 11 is 6.28. The molecule has 1 aromatic carbocycles. The maximum atomic E-state index is 11.4. The maximum absolute atomic E-state index is 11.4. The standard InChI is InChI=1S/C22H24ClN3.C10H19NO2.C3H8/c1-15-13-26(14-25-15)10-4-5-17-11-18-12-19(23)7-8-20(18)16(2)22-21(17)6-3-9-24-22;1-8(2)13-10(12)11-6-4-9(3)5-7-11;1-3-2/h3,6-9,11-14,16,22,24H,4-5,10H2,1-2H3;8-9H,4-7H2,1-3H3;3H2,1-2H3. The molecule has 2 aliphatic heterocycles. The van der Waals surface area contributed by atoms with Gasteiger partial charge in [0.05, 0.1) is 24.2 Å². The number of amides is 1. The number of imidazole rings is 1. The number of allylic oxidation sites excluding steroid dienone is 2. The fourth-order valence-corrected chi connectivity index (χ4v) is 5.67. The zero-order chi connectivity index (χ0) is 30.6. The lowest BCUT2D eigenvalue weighted by molar-refractivity contribution is 0.0665. The summed E-state index contributed by atoms with van der Waals surface area (Å²) in [4.78, 5) is 17.5. The number of likely N-dealkylation sites (tertiary alicyclic amines) is 1. The fraction of sp³-hybridized carbons (Fsp3) is 0.543. The number of aromatic nitrogens is 2. The summed E-state index contributed by atoms with van der Waals surface area (Å²) in [7, 11) is 0. The molecule has 0 bridgehead atoms. The average molecular weight is 595 g/mol. The van der Waals surface area contributed by atoms with Crippen LogP contribution in [0.2, 0.25) is 5.02 Å². The van der Waals surface area contributed by atoms with E-state index in [1.54, 1.807) is 4.90 Å². The number of carbonyl (C=O) groups excluding carboxylic acids is 1. The van der Waals surface area contributed by atoms with E-state index in [1.165, 1.54) is 28.7 Å². The molecule has 6 nitrogen and oxygen atoms in total. The van der Waals surface area contributed by atoms with Crippen LogP contribution in [-0.4, -0.2) is 45.8 Å². The highest BCUT2D eigenvalue weighted by Crippen LogP contribution is 2.38. The zero-order valence-corrected chi connectivity index (χ0v) is 27.5. The summed E-state index contributed by atoms with van der Waals surface area (Å²) in [5.41, 5.74) is 6.47. The summed E-state index contributed by atoms with van der Waals surface area (Å²) in [6.45, 7) is 17.3. The second-order valence-electron chi connectivity index (χ2n) is 12.0. The molecule has 230 valence electrons. The Morgan fingerprint density at radius 3 is 2.55 bits per heavy atom. The van der Waals surface area contributed by atoms with Gasteiger partial charge in [0.2, 0.25) is 0 Å². The van der Waals surface area contributed by atoms with E-state index in [1.807, 2.05) is 33.2 Å². The van der Waals surface area contributed by atoms with Gasteiger partial charge < -0.3 is 19.5 Å². The lowest BCUT2D eigenvalue weighted by atomic mass is 9.85. The quantitative estimate of drug-likeness (QED) is 0.375. The van der Waals surface area contributed by atoms with Crippen LogP contribution in [0, 0.1) is 12.8 Å². The highest BCUT2D eigenvalue weighted by atomic mass is 35.5. The summed E-state index contributed by atoms with van der Waals surface area (Å²) in [6.07, 6.45) is 18.2. The number of hydrogen-bond donors (Lipinski definition) is 1. The van der Waals surface area contributed by atoms with Gasteiger partial charge in [0.25, 0.3) is 0 Å². The molecule has 42 heavy (non-hydrogen) atoms. The van der Waals surface area contributed by atoms with Gasteiger partial charge in [0, 0.05) is 36.8 Å². The molecule has 3 aliphatic rings. The number of carbonyl (C=O) groups is 1. The highest BCUT2D eigenvalue weighted by molar-refractivity contribution is 6.30. The molecule has 3 heterocycles. The van der Waals surface area contributed by atoms with Gasteiger partial charge in [-0.05, 0) is 99.1 Å². The molecule has 5 rings (SSSR count). The van der Waals surface area contributed by atoms with Crippen molar-refractivity contribution in [3.63, 3.8) is 0 Å². The van der Waals surface area contributed by atoms with Gasteiger partial charge in [-0.15, -0.1) is 0 Å². The van der Waals surface area contributed by atoms with Gasteiger partial charge in [-0.2, -0.15) is 0 Å². The van der Waals surface area contributed by atoms with Crippen LogP contribution < -0.4 is 5.32 Å². The third-order valence-electron chi connectivity index (χ3n) is 7.73. The minimum atomic E-state index is -0.151. The number of halogens is 1. The van der Waals surface area contributed by atoms with Crippen molar-refractivity contribution in [3.05, 3.63) is 82.1 Å². The van der Waals surface area contributed by atoms with Crippen molar-refractivity contribution in [3.8, 4) is 0 Å². The number of piperidine rings is 1. The first-order valence-electron chi connectivity index (χ1n) is 15.7. The molecule has 7 heteroatoms. The minimum absolute atomic E-state index is 0.00755. The topological polar surface area (TPSA) is 59.4 Å². The molecule has 1 aromatic heterocycles. The third kappa shape index (κ3) is 9.79. The molecule has 2 unspecified atom stereocenters. The number of benzene rings is 1. The van der Waals surface area contributed by atoms with Crippen molar-refractivity contribution in [2.75, 3.05) is 13.1 Å². The third-order valence-corrected chi connectivity index (χ3v) is 7.96. The maximum Gasteiger partial charge on any atom is 0.410 e. The van der Waals surface area contributed by atoms with E-state index in [0.29, 0.717) is 12.0 Å². The van der Waals surface area contributed by atoms with Crippen LogP contribution >= 0.6 is 11.6 Å². The van der Waals surface area contributed by atoms with Crippen LogP contribution in [0.5, 0.6) is 0 Å². The Labute approximate surface area is 258 Å². The van der Waals surface area contributed by atoms with E-state index < -0.39 is 0 Å². The summed E-state index contributed by atoms with van der Waals surface area (Å²) in [5.74, 6) is 1.15. The van der Waals surface area contributed by atoms with Crippen molar-refractivity contribution in [2.24, 2.45) is 5.92 Å². The van der Waals surface area contributed by atoms with Crippen molar-refractivity contribution in [2.45, 2.75) is 105 Å². The average Bonchev–Trinajstić information content (AvgIpc) is 3.33. The molecule has 1 aliphatic carbocycles. The number of nitrogens with zero attached hydrogens (tertiary/aromatic N) is 3. The van der Waals surface area contributed by atoms with E-state index in [9.17, 15) is 4.79 Å². The largest absolute Gasteiger partial charge is 0.447 e. The summed E-state index contributed by atoms with van der Waals surface area (Å²) in [5, 5.41) is 4.37. The van der Waals surface area contributed by atoms with Crippen molar-refractivity contribution < 1.29 is 9.53 Å². The number of rotatable bonds is 5. The number of hydrogen-bond acceptors (Lipinski definition) is 4. The Bertz CT molecular complexity index is 1240. The van der Waals surface area contributed by atoms with E-state index in [2.05, 4.69) is 85.3 Å². The molecule has 1 N–H and O–H groups in total. The smallest absolute Gasteiger partial charge is 0.410 e. The second-order valence-corrected chi connectivity index (χ2v) is 12.5. The van der Waals surface area contributed by atoms with E-state index in [0.717, 1.165) is 62.0 Å². The van der Waals surface area contributed by atoms with Crippen LogP contribution in [-0.2, 0) is 11.3 Å². The first-order chi connectivity index (χ1) is 20.1. The molecule has 1 saturated heterocycles. The number of nitrogens with one attached hydrogen (secondary N) is 1. The predicted octanol–water partition coefficient (Wildman–Crippen LogP) is 8.92. The van der Waals surface area contributed by atoms with Crippen LogP contribution in [0.4, 0.5) is 4.79 Å². The number of aryl methyl sites for hydroxylation is 2. The van der Waals surface area contributed by atoms with Crippen LogP contribution in [0.3, 0.4) is 0 Å². The Morgan fingerprint density at radius 2 is 1.90 bits per heavy atom. The molecule has 2 atom stereocenters. The number of fused-ring (bicyclic) bond motifs is 2. The van der Waals surface area contributed by atoms with Gasteiger partial charge in [0.15, 0.2) is 0 Å².